The molecular weight excluding hydrogens is 412 g/mol. The van der Waals surface area contributed by atoms with Gasteiger partial charge >= 0.3 is 0 Å². The number of benzene rings is 3. The number of ether oxygens (including phenoxy) is 1. The lowest BCUT2D eigenvalue weighted by Gasteiger charge is -2.10. The lowest BCUT2D eigenvalue weighted by Crippen LogP contribution is -2.22. The highest BCUT2D eigenvalue weighted by Gasteiger charge is 2.14. The van der Waals surface area contributed by atoms with Crippen molar-refractivity contribution in [2.45, 2.75) is 13.8 Å². The van der Waals surface area contributed by atoms with Crippen LogP contribution >= 0.6 is 11.6 Å². The number of methoxy groups -OCH3 is 1. The maximum absolute atomic E-state index is 13.2. The fourth-order valence-corrected chi connectivity index (χ4v) is 3.55. The molecule has 1 aromatic heterocycles. The van der Waals surface area contributed by atoms with Gasteiger partial charge in [0.2, 0.25) is 5.55 Å². The Labute approximate surface area is 185 Å². The molecule has 0 fully saturated rings. The minimum atomic E-state index is -0.306. The Balaban J connectivity index is 1.83. The lowest BCUT2D eigenvalue weighted by atomic mass is 10.1. The summed E-state index contributed by atoms with van der Waals surface area (Å²) in [7, 11) is 1.55. The summed E-state index contributed by atoms with van der Waals surface area (Å²) in [5.74, 6) is 0.240. The smallest absolute Gasteiger partial charge is 0.261 e. The van der Waals surface area contributed by atoms with E-state index >= 15 is 0 Å². The molecule has 5 nitrogen and oxygen atoms in total. The second-order valence-corrected chi connectivity index (χ2v) is 7.61. The molecule has 0 aliphatic heterocycles. The van der Waals surface area contributed by atoms with Crippen molar-refractivity contribution in [1.29, 1.82) is 0 Å². The molecule has 156 valence electrons. The van der Waals surface area contributed by atoms with Crippen molar-refractivity contribution in [2.24, 2.45) is 4.99 Å². The van der Waals surface area contributed by atoms with E-state index in [9.17, 15) is 4.79 Å². The first kappa shape index (κ1) is 20.7. The van der Waals surface area contributed by atoms with E-state index in [1.165, 1.54) is 0 Å². The first-order chi connectivity index (χ1) is 14.9. The van der Waals surface area contributed by atoms with Gasteiger partial charge in [0.15, 0.2) is 0 Å². The third-order valence-corrected chi connectivity index (χ3v) is 5.19. The molecule has 3 aromatic carbocycles. The maximum Gasteiger partial charge on any atom is 0.261 e. The fraction of sp³-hybridized carbons (Fsp3) is 0.120. The maximum atomic E-state index is 13.2. The zero-order valence-electron chi connectivity index (χ0n) is 17.4. The van der Waals surface area contributed by atoms with Crippen molar-refractivity contribution in [3.8, 4) is 5.75 Å². The largest absolute Gasteiger partial charge is 0.495 e. The van der Waals surface area contributed by atoms with Crippen LogP contribution in [0.4, 0.5) is 11.4 Å². The second-order valence-electron chi connectivity index (χ2n) is 7.21. The van der Waals surface area contributed by atoms with E-state index in [1.807, 2.05) is 56.3 Å². The van der Waals surface area contributed by atoms with Gasteiger partial charge in [-0.1, -0.05) is 47.5 Å². The number of carbonyl (C=O) groups excluding carboxylic acids is 1. The summed E-state index contributed by atoms with van der Waals surface area (Å²) >= 11 is 6.24. The van der Waals surface area contributed by atoms with Crippen LogP contribution < -0.4 is 15.6 Å². The Hall–Kier alpha value is -3.57. The molecule has 0 unspecified atom stereocenters. The number of para-hydroxylation sites is 1. The van der Waals surface area contributed by atoms with Crippen molar-refractivity contribution in [3.63, 3.8) is 0 Å². The molecule has 0 spiro atoms. The van der Waals surface area contributed by atoms with Crippen molar-refractivity contribution < 1.29 is 13.9 Å². The molecule has 0 saturated heterocycles. The van der Waals surface area contributed by atoms with Crippen LogP contribution in [0.25, 0.3) is 11.0 Å². The van der Waals surface area contributed by atoms with Gasteiger partial charge in [-0.3, -0.25) is 4.79 Å². The first-order valence-electron chi connectivity index (χ1n) is 9.74. The van der Waals surface area contributed by atoms with Crippen LogP contribution in [0.5, 0.6) is 5.75 Å². The van der Waals surface area contributed by atoms with Gasteiger partial charge in [-0.15, -0.1) is 0 Å². The molecule has 0 radical (unpaired) electrons. The zero-order valence-corrected chi connectivity index (χ0v) is 18.2. The number of carbonyl (C=O) groups is 1. The van der Waals surface area contributed by atoms with Crippen LogP contribution in [0.15, 0.2) is 76.1 Å². The summed E-state index contributed by atoms with van der Waals surface area (Å²) in [4.78, 5) is 17.8. The number of anilines is 1. The van der Waals surface area contributed by atoms with Gasteiger partial charge in [0, 0.05) is 11.1 Å². The van der Waals surface area contributed by atoms with Crippen LogP contribution in [0.1, 0.15) is 21.5 Å². The van der Waals surface area contributed by atoms with Gasteiger partial charge in [-0.25, -0.2) is 4.99 Å². The lowest BCUT2D eigenvalue weighted by molar-refractivity contribution is 0.102. The average Bonchev–Trinajstić information content (AvgIpc) is 2.75. The molecule has 4 aromatic rings. The van der Waals surface area contributed by atoms with E-state index in [1.54, 1.807) is 31.4 Å². The SMILES string of the molecule is COc1ccc(N=c2oc3ccccc3cc2C(=O)Nc2ccc(C)cc2C)cc1Cl. The molecule has 6 heteroatoms. The number of hydrogen-bond acceptors (Lipinski definition) is 4. The zero-order chi connectivity index (χ0) is 22.0. The Morgan fingerprint density at radius 1 is 1.03 bits per heavy atom. The van der Waals surface area contributed by atoms with E-state index < -0.39 is 0 Å². The van der Waals surface area contributed by atoms with Crippen LogP contribution in [0.3, 0.4) is 0 Å². The summed E-state index contributed by atoms with van der Waals surface area (Å²) in [6, 6.07) is 20.3. The van der Waals surface area contributed by atoms with Crippen molar-refractivity contribution >= 4 is 39.9 Å². The topological polar surface area (TPSA) is 63.8 Å². The summed E-state index contributed by atoms with van der Waals surface area (Å²) in [6.07, 6.45) is 0. The second kappa shape index (κ2) is 8.66. The molecule has 0 bridgehead atoms. The number of hydrogen-bond donors (Lipinski definition) is 1. The van der Waals surface area contributed by atoms with Gasteiger partial charge in [-0.2, -0.15) is 0 Å². The van der Waals surface area contributed by atoms with Crippen molar-refractivity contribution in [1.82, 2.24) is 0 Å². The number of amides is 1. The first-order valence-corrected chi connectivity index (χ1v) is 10.1. The molecule has 1 heterocycles. The van der Waals surface area contributed by atoms with Gasteiger partial charge in [0.05, 0.1) is 17.8 Å². The molecule has 0 aliphatic carbocycles. The number of nitrogens with zero attached hydrogens (tertiary/aromatic N) is 1. The van der Waals surface area contributed by atoms with E-state index in [2.05, 4.69) is 10.3 Å². The average molecular weight is 433 g/mol. The Morgan fingerprint density at radius 3 is 2.58 bits per heavy atom. The molecule has 4 rings (SSSR count). The highest BCUT2D eigenvalue weighted by atomic mass is 35.5. The number of fused-ring (bicyclic) bond motifs is 1. The normalized spacial score (nSPS) is 11.5. The minimum absolute atomic E-state index is 0.196. The standard InChI is InChI=1S/C25H21ClN2O3/c1-15-8-10-21(16(2)12-15)28-24(29)19-13-17-6-4-5-7-22(17)31-25(19)27-18-9-11-23(30-3)20(26)14-18/h4-14H,1-3H3,(H,28,29). The van der Waals surface area contributed by atoms with E-state index in [-0.39, 0.29) is 11.5 Å². The van der Waals surface area contributed by atoms with Crippen molar-refractivity contribution in [2.75, 3.05) is 12.4 Å². The van der Waals surface area contributed by atoms with Crippen LogP contribution in [-0.2, 0) is 0 Å². The van der Waals surface area contributed by atoms with E-state index in [0.29, 0.717) is 27.6 Å². The van der Waals surface area contributed by atoms with Crippen LogP contribution in [-0.4, -0.2) is 13.0 Å². The number of halogens is 1. The van der Waals surface area contributed by atoms with Gasteiger partial charge in [0.25, 0.3) is 5.91 Å². The third-order valence-electron chi connectivity index (χ3n) is 4.90. The number of nitrogens with one attached hydrogen (secondary N) is 1. The Kier molecular flexibility index (Phi) is 5.78. The highest BCUT2D eigenvalue weighted by molar-refractivity contribution is 6.32. The molecule has 31 heavy (non-hydrogen) atoms. The summed E-state index contributed by atoms with van der Waals surface area (Å²) < 4.78 is 11.2. The summed E-state index contributed by atoms with van der Waals surface area (Å²) in [5, 5.41) is 4.20. The highest BCUT2D eigenvalue weighted by Crippen LogP contribution is 2.28. The van der Waals surface area contributed by atoms with E-state index in [4.69, 9.17) is 20.8 Å². The van der Waals surface area contributed by atoms with Crippen LogP contribution in [0, 0.1) is 13.8 Å². The third kappa shape index (κ3) is 4.47. The fourth-order valence-electron chi connectivity index (χ4n) is 3.30. The predicted octanol–water partition coefficient (Wildman–Crippen LogP) is 6.20. The van der Waals surface area contributed by atoms with Gasteiger partial charge < -0.3 is 14.5 Å². The molecule has 1 amide bonds. The predicted molar refractivity (Wildman–Crippen MR) is 123 cm³/mol. The van der Waals surface area contributed by atoms with Crippen LogP contribution in [0.2, 0.25) is 5.02 Å². The number of aryl methyl sites for hydroxylation is 2. The number of rotatable bonds is 4. The molecule has 0 atom stereocenters. The quantitative estimate of drug-likeness (QED) is 0.417. The molecule has 1 N–H and O–H groups in total. The minimum Gasteiger partial charge on any atom is -0.495 e. The molecule has 0 aliphatic rings. The molecular formula is C25H21ClN2O3. The summed E-state index contributed by atoms with van der Waals surface area (Å²) in [6.45, 7) is 3.97. The Morgan fingerprint density at radius 2 is 1.84 bits per heavy atom. The molecule has 0 saturated carbocycles. The van der Waals surface area contributed by atoms with E-state index in [0.717, 1.165) is 22.2 Å². The van der Waals surface area contributed by atoms with Gasteiger partial charge in [-0.05, 0) is 55.8 Å². The van der Waals surface area contributed by atoms with Gasteiger partial charge in [0.1, 0.15) is 16.9 Å². The van der Waals surface area contributed by atoms with Crippen molar-refractivity contribution in [3.05, 3.63) is 94.0 Å². The Bertz CT molecular complexity index is 1360. The summed E-state index contributed by atoms with van der Waals surface area (Å²) in [5.41, 5.74) is 4.54. The monoisotopic (exact) mass is 432 g/mol.